The summed E-state index contributed by atoms with van der Waals surface area (Å²) < 4.78 is 4.97. The van der Waals surface area contributed by atoms with Gasteiger partial charge in [-0.3, -0.25) is 9.59 Å². The average molecular weight is 406 g/mol. The van der Waals surface area contributed by atoms with Crippen LogP contribution >= 0.6 is 0 Å². The first-order chi connectivity index (χ1) is 14.6. The third-order valence-electron chi connectivity index (χ3n) is 6.08. The zero-order chi connectivity index (χ0) is 21.1. The van der Waals surface area contributed by atoms with Crippen LogP contribution in [0.3, 0.4) is 0 Å². The number of carbonyl (C=O) groups excluding carboxylic acids is 3. The van der Waals surface area contributed by atoms with Crippen LogP contribution in [0.4, 0.5) is 0 Å². The summed E-state index contributed by atoms with van der Waals surface area (Å²) in [4.78, 5) is 41.6. The van der Waals surface area contributed by atoms with Crippen LogP contribution in [0.5, 0.6) is 0 Å². The number of nitrogens with zero attached hydrogens (tertiary/aromatic N) is 2. The topological polar surface area (TPSA) is 66.9 Å². The smallest absolute Gasteiger partial charge is 0.328 e. The zero-order valence-corrected chi connectivity index (χ0v) is 17.1. The quantitative estimate of drug-likeness (QED) is 0.714. The predicted molar refractivity (Wildman–Crippen MR) is 111 cm³/mol. The van der Waals surface area contributed by atoms with Crippen molar-refractivity contribution in [1.82, 2.24) is 9.80 Å². The molecule has 2 aromatic carbocycles. The zero-order valence-electron chi connectivity index (χ0n) is 17.1. The maximum Gasteiger partial charge on any atom is 0.328 e. The molecule has 4 rings (SSSR count). The second kappa shape index (κ2) is 8.69. The normalized spacial score (nSPS) is 20.8. The summed E-state index contributed by atoms with van der Waals surface area (Å²) >= 11 is 0. The lowest BCUT2D eigenvalue weighted by Gasteiger charge is -2.36. The lowest BCUT2D eigenvalue weighted by molar-refractivity contribution is -0.155. The first kappa shape index (κ1) is 20.1. The predicted octanol–water partition coefficient (Wildman–Crippen LogP) is 2.20. The molecule has 0 aromatic heterocycles. The van der Waals surface area contributed by atoms with Crippen molar-refractivity contribution in [3.63, 3.8) is 0 Å². The molecule has 0 spiro atoms. The van der Waals surface area contributed by atoms with Crippen LogP contribution in [0.2, 0.25) is 0 Å². The average Bonchev–Trinajstić information content (AvgIpc) is 3.16. The molecule has 6 heteroatoms. The van der Waals surface area contributed by atoms with Gasteiger partial charge >= 0.3 is 5.97 Å². The van der Waals surface area contributed by atoms with Crippen molar-refractivity contribution in [2.24, 2.45) is 5.92 Å². The number of hydrogen-bond acceptors (Lipinski definition) is 4. The van der Waals surface area contributed by atoms with Crippen molar-refractivity contribution < 1.29 is 19.1 Å². The fraction of sp³-hybridized carbons (Fsp3) is 0.375. The standard InChI is InChI=1S/C24H26N2O4/c1-30-24(29)21-13-18-9-5-6-10-19(18)16-26(21)23(28)20-14-22(27)25(15-20)12-11-17-7-3-2-4-8-17/h2-10,20-21H,11-16H2,1H3. The summed E-state index contributed by atoms with van der Waals surface area (Å²) in [5.41, 5.74) is 3.26. The maximum absolute atomic E-state index is 13.3. The molecular formula is C24H26N2O4. The van der Waals surface area contributed by atoms with E-state index in [9.17, 15) is 14.4 Å². The molecule has 2 atom stereocenters. The van der Waals surface area contributed by atoms with Crippen molar-refractivity contribution in [3.05, 3.63) is 71.3 Å². The number of fused-ring (bicyclic) bond motifs is 1. The van der Waals surface area contributed by atoms with Gasteiger partial charge in [-0.2, -0.15) is 0 Å². The Balaban J connectivity index is 1.46. The number of carbonyl (C=O) groups is 3. The van der Waals surface area contributed by atoms with Gasteiger partial charge in [0.05, 0.1) is 13.0 Å². The van der Waals surface area contributed by atoms with E-state index >= 15 is 0 Å². The number of hydrogen-bond donors (Lipinski definition) is 0. The third kappa shape index (κ3) is 4.08. The monoisotopic (exact) mass is 406 g/mol. The highest BCUT2D eigenvalue weighted by atomic mass is 16.5. The Morgan fingerprint density at radius 1 is 1.00 bits per heavy atom. The van der Waals surface area contributed by atoms with Gasteiger partial charge in [0.15, 0.2) is 0 Å². The van der Waals surface area contributed by atoms with E-state index in [2.05, 4.69) is 0 Å². The summed E-state index contributed by atoms with van der Waals surface area (Å²) in [5.74, 6) is -0.986. The largest absolute Gasteiger partial charge is 0.467 e. The Kier molecular flexibility index (Phi) is 5.84. The Bertz CT molecular complexity index is 943. The molecule has 6 nitrogen and oxygen atoms in total. The first-order valence-corrected chi connectivity index (χ1v) is 10.3. The molecular weight excluding hydrogens is 380 g/mol. The number of esters is 1. The fourth-order valence-electron chi connectivity index (χ4n) is 4.40. The van der Waals surface area contributed by atoms with E-state index in [1.165, 1.54) is 12.7 Å². The second-order valence-corrected chi connectivity index (χ2v) is 7.95. The lowest BCUT2D eigenvalue weighted by Crippen LogP contribution is -2.51. The Morgan fingerprint density at radius 2 is 1.70 bits per heavy atom. The van der Waals surface area contributed by atoms with E-state index in [0.29, 0.717) is 26.1 Å². The number of ether oxygens (including phenoxy) is 1. The summed E-state index contributed by atoms with van der Waals surface area (Å²) in [5, 5.41) is 0. The van der Waals surface area contributed by atoms with Crippen LogP contribution in [0.15, 0.2) is 54.6 Å². The van der Waals surface area contributed by atoms with Crippen LogP contribution in [0.1, 0.15) is 23.1 Å². The summed E-state index contributed by atoms with van der Waals surface area (Å²) in [6.07, 6.45) is 1.39. The summed E-state index contributed by atoms with van der Waals surface area (Å²) in [7, 11) is 1.34. The van der Waals surface area contributed by atoms with Crippen molar-refractivity contribution in [3.8, 4) is 0 Å². The molecule has 0 radical (unpaired) electrons. The van der Waals surface area contributed by atoms with E-state index in [4.69, 9.17) is 4.74 Å². The molecule has 30 heavy (non-hydrogen) atoms. The molecule has 2 amide bonds. The molecule has 156 valence electrons. The molecule has 2 aliphatic heterocycles. The van der Waals surface area contributed by atoms with Gasteiger partial charge in [0, 0.05) is 32.5 Å². The molecule has 2 aromatic rings. The minimum Gasteiger partial charge on any atom is -0.467 e. The highest BCUT2D eigenvalue weighted by Gasteiger charge is 2.42. The SMILES string of the molecule is COC(=O)C1Cc2ccccc2CN1C(=O)C1CC(=O)N(CCc2ccccc2)C1. The molecule has 0 saturated carbocycles. The Hall–Kier alpha value is -3.15. The lowest BCUT2D eigenvalue weighted by atomic mass is 9.92. The molecule has 0 aliphatic carbocycles. The van der Waals surface area contributed by atoms with Gasteiger partial charge in [0.2, 0.25) is 11.8 Å². The summed E-state index contributed by atoms with van der Waals surface area (Å²) in [6, 6.07) is 17.2. The molecule has 1 fully saturated rings. The van der Waals surface area contributed by atoms with Gasteiger partial charge in [-0.25, -0.2) is 4.79 Å². The molecule has 2 aliphatic rings. The van der Waals surface area contributed by atoms with Gasteiger partial charge in [0.25, 0.3) is 0 Å². The molecule has 1 saturated heterocycles. The van der Waals surface area contributed by atoms with Crippen LogP contribution in [0.25, 0.3) is 0 Å². The Morgan fingerprint density at radius 3 is 2.43 bits per heavy atom. The van der Waals surface area contributed by atoms with Crippen molar-refractivity contribution >= 4 is 17.8 Å². The van der Waals surface area contributed by atoms with Gasteiger partial charge in [-0.15, -0.1) is 0 Å². The fourth-order valence-corrected chi connectivity index (χ4v) is 4.40. The second-order valence-electron chi connectivity index (χ2n) is 7.95. The van der Waals surface area contributed by atoms with Gasteiger partial charge in [-0.05, 0) is 23.1 Å². The Labute approximate surface area is 176 Å². The van der Waals surface area contributed by atoms with E-state index in [1.807, 2.05) is 54.6 Å². The van der Waals surface area contributed by atoms with Gasteiger partial charge in [-0.1, -0.05) is 54.6 Å². The van der Waals surface area contributed by atoms with Crippen LogP contribution < -0.4 is 0 Å². The number of likely N-dealkylation sites (tertiary alicyclic amines) is 1. The first-order valence-electron chi connectivity index (χ1n) is 10.3. The molecule has 0 N–H and O–H groups in total. The third-order valence-corrected chi connectivity index (χ3v) is 6.08. The van der Waals surface area contributed by atoms with E-state index in [1.54, 1.807) is 9.80 Å². The molecule has 2 heterocycles. The summed E-state index contributed by atoms with van der Waals surface area (Å²) in [6.45, 7) is 1.36. The van der Waals surface area contributed by atoms with Crippen molar-refractivity contribution in [2.75, 3.05) is 20.2 Å². The van der Waals surface area contributed by atoms with Crippen LogP contribution in [-0.2, 0) is 38.5 Å². The van der Waals surface area contributed by atoms with Gasteiger partial charge in [0.1, 0.15) is 6.04 Å². The van der Waals surface area contributed by atoms with E-state index in [0.717, 1.165) is 17.5 Å². The van der Waals surface area contributed by atoms with Crippen molar-refractivity contribution in [1.29, 1.82) is 0 Å². The molecule has 0 bridgehead atoms. The minimum absolute atomic E-state index is 0.00342. The van der Waals surface area contributed by atoms with E-state index < -0.39 is 17.9 Å². The van der Waals surface area contributed by atoms with Gasteiger partial charge < -0.3 is 14.5 Å². The number of benzene rings is 2. The highest BCUT2D eigenvalue weighted by Crippen LogP contribution is 2.28. The number of amides is 2. The van der Waals surface area contributed by atoms with Crippen LogP contribution in [0, 0.1) is 5.92 Å². The molecule has 2 unspecified atom stereocenters. The van der Waals surface area contributed by atoms with E-state index in [-0.39, 0.29) is 18.2 Å². The number of rotatable bonds is 5. The van der Waals surface area contributed by atoms with Crippen molar-refractivity contribution in [2.45, 2.75) is 31.8 Å². The highest BCUT2D eigenvalue weighted by molar-refractivity contribution is 5.92. The number of methoxy groups -OCH3 is 1. The van der Waals surface area contributed by atoms with Crippen LogP contribution in [-0.4, -0.2) is 53.8 Å². The maximum atomic E-state index is 13.3. The minimum atomic E-state index is -0.647.